The van der Waals surface area contributed by atoms with Crippen molar-refractivity contribution in [2.24, 2.45) is 0 Å². The number of carbonyl (C=O) groups excluding carboxylic acids is 1. The van der Waals surface area contributed by atoms with Crippen LogP contribution in [-0.2, 0) is 4.79 Å². The second-order valence-electron chi connectivity index (χ2n) is 6.01. The van der Waals surface area contributed by atoms with Gasteiger partial charge < -0.3 is 15.0 Å². The highest BCUT2D eigenvalue weighted by atomic mass is 16.5. The molecule has 1 amide bonds. The Hall–Kier alpha value is -1.71. The smallest absolute Gasteiger partial charge is 0.250 e. The Morgan fingerprint density at radius 1 is 1.30 bits per heavy atom. The van der Waals surface area contributed by atoms with E-state index < -0.39 is 5.54 Å². The summed E-state index contributed by atoms with van der Waals surface area (Å²) in [6.07, 6.45) is 4.07. The highest BCUT2D eigenvalue weighted by molar-refractivity contribution is 6.08. The van der Waals surface area contributed by atoms with Crippen LogP contribution in [0.25, 0.3) is 0 Å². The number of rotatable bonds is 2. The van der Waals surface area contributed by atoms with E-state index in [1.807, 2.05) is 18.2 Å². The van der Waals surface area contributed by atoms with Crippen LogP contribution in [0.3, 0.4) is 0 Å². The number of para-hydroxylation sites is 1. The van der Waals surface area contributed by atoms with E-state index in [-0.39, 0.29) is 11.9 Å². The average Bonchev–Trinajstić information content (AvgIpc) is 2.89. The number of hydrogen-bond acceptors (Lipinski definition) is 3. The third-order valence-corrected chi connectivity index (χ3v) is 4.54. The van der Waals surface area contributed by atoms with Crippen LogP contribution >= 0.6 is 0 Å². The molecular weight excluding hydrogens is 252 g/mol. The number of fused-ring (bicyclic) bond motifs is 1. The molecule has 2 aliphatic rings. The quantitative estimate of drug-likeness (QED) is 0.900. The highest BCUT2D eigenvalue weighted by Crippen LogP contribution is 2.49. The molecule has 1 saturated carbocycles. The number of anilines is 2. The van der Waals surface area contributed by atoms with Crippen LogP contribution in [-0.4, -0.2) is 24.6 Å². The van der Waals surface area contributed by atoms with E-state index in [0.29, 0.717) is 0 Å². The van der Waals surface area contributed by atoms with E-state index in [0.717, 1.165) is 42.8 Å². The first-order valence-electron chi connectivity index (χ1n) is 7.38. The summed E-state index contributed by atoms with van der Waals surface area (Å²) in [6.45, 7) is 4.30. The van der Waals surface area contributed by atoms with Gasteiger partial charge in [-0.3, -0.25) is 4.79 Å². The van der Waals surface area contributed by atoms with Crippen molar-refractivity contribution in [3.63, 3.8) is 0 Å². The summed E-state index contributed by atoms with van der Waals surface area (Å²) in [4.78, 5) is 15.0. The first kappa shape index (κ1) is 13.3. The number of amides is 1. The lowest BCUT2D eigenvalue weighted by molar-refractivity contribution is -0.121. The summed E-state index contributed by atoms with van der Waals surface area (Å²) in [5, 5.41) is 3.09. The van der Waals surface area contributed by atoms with Gasteiger partial charge in [0.2, 0.25) is 5.91 Å². The number of benzene rings is 1. The van der Waals surface area contributed by atoms with E-state index in [1.54, 1.807) is 7.11 Å². The molecule has 0 atom stereocenters. The first-order chi connectivity index (χ1) is 9.60. The molecule has 108 valence electrons. The molecule has 1 aromatic carbocycles. The summed E-state index contributed by atoms with van der Waals surface area (Å²) in [6, 6.07) is 6.10. The Morgan fingerprint density at radius 2 is 2.00 bits per heavy atom. The van der Waals surface area contributed by atoms with E-state index in [9.17, 15) is 4.79 Å². The molecule has 1 aromatic rings. The average molecular weight is 274 g/mol. The predicted octanol–water partition coefficient (Wildman–Crippen LogP) is 3.17. The van der Waals surface area contributed by atoms with Crippen LogP contribution in [0.4, 0.5) is 11.4 Å². The van der Waals surface area contributed by atoms with Crippen molar-refractivity contribution in [2.75, 3.05) is 17.3 Å². The molecule has 1 heterocycles. The van der Waals surface area contributed by atoms with Crippen LogP contribution in [0, 0.1) is 0 Å². The molecule has 0 bridgehead atoms. The second kappa shape index (κ2) is 4.69. The lowest BCUT2D eigenvalue weighted by Crippen LogP contribution is -2.60. The van der Waals surface area contributed by atoms with Gasteiger partial charge in [0, 0.05) is 6.04 Å². The van der Waals surface area contributed by atoms with Gasteiger partial charge in [0.05, 0.1) is 12.8 Å². The molecule has 3 rings (SSSR count). The molecule has 20 heavy (non-hydrogen) atoms. The summed E-state index contributed by atoms with van der Waals surface area (Å²) in [5.41, 5.74) is 1.50. The van der Waals surface area contributed by atoms with Crippen molar-refractivity contribution in [2.45, 2.75) is 51.1 Å². The number of nitrogens with zero attached hydrogens (tertiary/aromatic N) is 1. The van der Waals surface area contributed by atoms with Gasteiger partial charge in [-0.15, -0.1) is 0 Å². The molecule has 4 nitrogen and oxygen atoms in total. The molecule has 1 spiro atoms. The molecular formula is C16H22N2O2. The Labute approximate surface area is 120 Å². The largest absolute Gasteiger partial charge is 0.495 e. The Kier molecular flexibility index (Phi) is 3.11. The predicted molar refractivity (Wildman–Crippen MR) is 80.4 cm³/mol. The number of carbonyl (C=O) groups is 1. The summed E-state index contributed by atoms with van der Waals surface area (Å²) >= 11 is 0. The van der Waals surface area contributed by atoms with Gasteiger partial charge in [-0.1, -0.05) is 18.9 Å². The minimum atomic E-state index is -0.393. The van der Waals surface area contributed by atoms with E-state index in [2.05, 4.69) is 24.1 Å². The molecule has 0 radical (unpaired) electrons. The number of hydrogen-bond donors (Lipinski definition) is 1. The van der Waals surface area contributed by atoms with E-state index in [4.69, 9.17) is 4.74 Å². The van der Waals surface area contributed by atoms with E-state index in [1.165, 1.54) is 0 Å². The van der Waals surface area contributed by atoms with Crippen LogP contribution < -0.4 is 15.0 Å². The van der Waals surface area contributed by atoms with Crippen molar-refractivity contribution >= 4 is 17.3 Å². The third-order valence-electron chi connectivity index (χ3n) is 4.54. The molecule has 1 aliphatic heterocycles. The first-order valence-corrected chi connectivity index (χ1v) is 7.38. The van der Waals surface area contributed by atoms with E-state index >= 15 is 0 Å². The van der Waals surface area contributed by atoms with Crippen molar-refractivity contribution in [1.29, 1.82) is 0 Å². The summed E-state index contributed by atoms with van der Waals surface area (Å²) < 4.78 is 5.54. The lowest BCUT2D eigenvalue weighted by atomic mass is 9.88. The van der Waals surface area contributed by atoms with Gasteiger partial charge in [0.25, 0.3) is 0 Å². The van der Waals surface area contributed by atoms with Crippen molar-refractivity contribution < 1.29 is 9.53 Å². The maximum Gasteiger partial charge on any atom is 0.250 e. The normalized spacial score (nSPS) is 20.2. The standard InChI is InChI=1S/C16H22N2O2/c1-11(2)18-14-12(7-6-8-13(14)20-3)17-15(19)16(18)9-4-5-10-16/h6-8,11H,4-5,9-10H2,1-3H3,(H,17,19). The minimum absolute atomic E-state index is 0.143. The Morgan fingerprint density at radius 3 is 2.60 bits per heavy atom. The second-order valence-corrected chi connectivity index (χ2v) is 6.01. The van der Waals surface area contributed by atoms with Crippen LogP contribution in [0.2, 0.25) is 0 Å². The molecule has 4 heteroatoms. The van der Waals surface area contributed by atoms with Gasteiger partial charge >= 0.3 is 0 Å². The zero-order chi connectivity index (χ0) is 14.3. The Bertz CT molecular complexity index is 533. The zero-order valence-corrected chi connectivity index (χ0v) is 12.4. The monoisotopic (exact) mass is 274 g/mol. The van der Waals surface area contributed by atoms with Gasteiger partial charge in [-0.2, -0.15) is 0 Å². The van der Waals surface area contributed by atoms with Gasteiger partial charge in [-0.25, -0.2) is 0 Å². The zero-order valence-electron chi connectivity index (χ0n) is 12.4. The maximum atomic E-state index is 12.7. The van der Waals surface area contributed by atoms with Crippen LogP contribution in [0.15, 0.2) is 18.2 Å². The minimum Gasteiger partial charge on any atom is -0.495 e. The van der Waals surface area contributed by atoms with Gasteiger partial charge in [0.1, 0.15) is 17.0 Å². The topological polar surface area (TPSA) is 41.6 Å². The third kappa shape index (κ3) is 1.70. The van der Waals surface area contributed by atoms with Crippen molar-refractivity contribution in [3.8, 4) is 5.75 Å². The van der Waals surface area contributed by atoms with Crippen LogP contribution in [0.5, 0.6) is 5.75 Å². The molecule has 0 unspecified atom stereocenters. The molecule has 1 aliphatic carbocycles. The molecule has 0 aromatic heterocycles. The number of ether oxygens (including phenoxy) is 1. The van der Waals surface area contributed by atoms with Gasteiger partial charge in [0.15, 0.2) is 0 Å². The lowest BCUT2D eigenvalue weighted by Gasteiger charge is -2.48. The fraction of sp³-hybridized carbons (Fsp3) is 0.562. The summed E-state index contributed by atoms with van der Waals surface area (Å²) in [7, 11) is 1.69. The Balaban J connectivity index is 2.20. The van der Waals surface area contributed by atoms with Gasteiger partial charge in [-0.05, 0) is 38.8 Å². The fourth-order valence-corrected chi connectivity index (χ4v) is 3.78. The van der Waals surface area contributed by atoms with Crippen LogP contribution in [0.1, 0.15) is 39.5 Å². The van der Waals surface area contributed by atoms with Crippen molar-refractivity contribution in [3.05, 3.63) is 18.2 Å². The molecule has 0 saturated heterocycles. The van der Waals surface area contributed by atoms with Crippen molar-refractivity contribution in [1.82, 2.24) is 0 Å². The number of methoxy groups -OCH3 is 1. The number of nitrogens with one attached hydrogen (secondary N) is 1. The highest BCUT2D eigenvalue weighted by Gasteiger charge is 2.51. The fourth-order valence-electron chi connectivity index (χ4n) is 3.78. The molecule has 1 fully saturated rings. The maximum absolute atomic E-state index is 12.7. The molecule has 1 N–H and O–H groups in total. The summed E-state index contributed by atoms with van der Waals surface area (Å²) in [5.74, 6) is 0.979. The SMILES string of the molecule is COc1cccc2c1N(C(C)C)C1(CCCC1)C(=O)N2.